The molecule has 1 aromatic rings. The number of carboxylic acid groups (broad SMARTS) is 1. The smallest absolute Gasteiger partial charge is 0.337 e. The van der Waals surface area contributed by atoms with Crippen molar-refractivity contribution in [1.82, 2.24) is 0 Å². The lowest BCUT2D eigenvalue weighted by molar-refractivity contribution is 0.0698. The molecule has 0 atom stereocenters. The molecule has 0 spiro atoms. The molecule has 0 saturated heterocycles. The number of nitrogen functional groups attached to an aromatic ring is 1. The fourth-order valence-corrected chi connectivity index (χ4v) is 2.80. The van der Waals surface area contributed by atoms with Gasteiger partial charge in [0.1, 0.15) is 0 Å². The van der Waals surface area contributed by atoms with Gasteiger partial charge in [0.15, 0.2) is 0 Å². The Morgan fingerprint density at radius 2 is 2.11 bits per heavy atom. The maximum atomic E-state index is 11.1. The first-order chi connectivity index (χ1) is 9.08. The van der Waals surface area contributed by atoms with E-state index in [1.807, 2.05) is 13.0 Å². The van der Waals surface area contributed by atoms with Gasteiger partial charge in [0, 0.05) is 17.9 Å². The van der Waals surface area contributed by atoms with Crippen molar-refractivity contribution in [3.05, 3.63) is 23.3 Å². The number of anilines is 2. The second kappa shape index (κ2) is 5.95. The third-order valence-electron chi connectivity index (χ3n) is 3.97. The number of carbonyl (C=O) groups is 1. The molecule has 0 unspecified atom stereocenters. The van der Waals surface area contributed by atoms with Gasteiger partial charge in [-0.15, -0.1) is 0 Å². The zero-order valence-electron chi connectivity index (χ0n) is 11.4. The quantitative estimate of drug-likeness (QED) is 0.712. The standard InChI is InChI=1S/C15H22N2O2/c1-10-8-12(9-13(14(10)16)15(18)19)17-7-6-11-4-2-3-5-11/h8-9,11,17H,2-7,16H2,1H3,(H,18,19). The first-order valence-corrected chi connectivity index (χ1v) is 6.95. The molecule has 1 fully saturated rings. The van der Waals surface area contributed by atoms with Crippen molar-refractivity contribution in [2.45, 2.75) is 39.0 Å². The van der Waals surface area contributed by atoms with Gasteiger partial charge in [-0.3, -0.25) is 0 Å². The molecule has 19 heavy (non-hydrogen) atoms. The summed E-state index contributed by atoms with van der Waals surface area (Å²) in [5.41, 5.74) is 7.97. The van der Waals surface area contributed by atoms with Crippen LogP contribution in [0.1, 0.15) is 48.0 Å². The van der Waals surface area contributed by atoms with Gasteiger partial charge in [0.25, 0.3) is 0 Å². The molecule has 1 aliphatic carbocycles. The number of aromatic carboxylic acids is 1. The van der Waals surface area contributed by atoms with E-state index in [1.165, 1.54) is 25.7 Å². The molecule has 104 valence electrons. The number of hydrogen-bond acceptors (Lipinski definition) is 3. The summed E-state index contributed by atoms with van der Waals surface area (Å²) in [6.45, 7) is 2.73. The zero-order valence-corrected chi connectivity index (χ0v) is 11.4. The van der Waals surface area contributed by atoms with Crippen molar-refractivity contribution in [3.63, 3.8) is 0 Å². The molecule has 1 aromatic carbocycles. The van der Waals surface area contributed by atoms with E-state index in [0.717, 1.165) is 30.1 Å². The van der Waals surface area contributed by atoms with Gasteiger partial charge < -0.3 is 16.2 Å². The van der Waals surface area contributed by atoms with Crippen LogP contribution in [-0.2, 0) is 0 Å². The highest BCUT2D eigenvalue weighted by Gasteiger charge is 2.15. The van der Waals surface area contributed by atoms with Gasteiger partial charge in [0.05, 0.1) is 5.56 Å². The number of rotatable bonds is 5. The average molecular weight is 262 g/mol. The van der Waals surface area contributed by atoms with E-state index in [0.29, 0.717) is 5.69 Å². The fraction of sp³-hybridized carbons (Fsp3) is 0.533. The van der Waals surface area contributed by atoms with Gasteiger partial charge in [-0.1, -0.05) is 25.7 Å². The van der Waals surface area contributed by atoms with E-state index in [9.17, 15) is 4.79 Å². The number of nitrogens with one attached hydrogen (secondary N) is 1. The summed E-state index contributed by atoms with van der Waals surface area (Å²) in [6.07, 6.45) is 6.54. The van der Waals surface area contributed by atoms with E-state index in [4.69, 9.17) is 10.8 Å². The number of nitrogens with two attached hydrogens (primary N) is 1. The number of carboxylic acids is 1. The zero-order chi connectivity index (χ0) is 13.8. The molecule has 0 aromatic heterocycles. The lowest BCUT2D eigenvalue weighted by atomic mass is 10.0. The molecule has 1 aliphatic rings. The molecule has 1 saturated carbocycles. The summed E-state index contributed by atoms with van der Waals surface area (Å²) in [5, 5.41) is 12.4. The van der Waals surface area contributed by atoms with Crippen molar-refractivity contribution in [2.24, 2.45) is 5.92 Å². The highest BCUT2D eigenvalue weighted by atomic mass is 16.4. The molecular weight excluding hydrogens is 240 g/mol. The van der Waals surface area contributed by atoms with Crippen LogP contribution in [0.15, 0.2) is 12.1 Å². The Balaban J connectivity index is 1.97. The minimum Gasteiger partial charge on any atom is -0.478 e. The van der Waals surface area contributed by atoms with Crippen LogP contribution in [0, 0.1) is 12.8 Å². The van der Waals surface area contributed by atoms with Crippen LogP contribution < -0.4 is 11.1 Å². The third-order valence-corrected chi connectivity index (χ3v) is 3.97. The molecular formula is C15H22N2O2. The maximum Gasteiger partial charge on any atom is 0.337 e. The summed E-state index contributed by atoms with van der Waals surface area (Å²) in [5.74, 6) is -0.138. The Kier molecular flexibility index (Phi) is 4.30. The highest BCUT2D eigenvalue weighted by Crippen LogP contribution is 2.28. The molecule has 0 aliphatic heterocycles. The summed E-state index contributed by atoms with van der Waals surface area (Å²) < 4.78 is 0. The van der Waals surface area contributed by atoms with E-state index < -0.39 is 5.97 Å². The maximum absolute atomic E-state index is 11.1. The van der Waals surface area contributed by atoms with Crippen molar-refractivity contribution < 1.29 is 9.90 Å². The Hall–Kier alpha value is -1.71. The van der Waals surface area contributed by atoms with Crippen LogP contribution >= 0.6 is 0 Å². The van der Waals surface area contributed by atoms with Crippen molar-refractivity contribution in [3.8, 4) is 0 Å². The fourth-order valence-electron chi connectivity index (χ4n) is 2.80. The van der Waals surface area contributed by atoms with Crippen LogP contribution in [-0.4, -0.2) is 17.6 Å². The van der Waals surface area contributed by atoms with Crippen molar-refractivity contribution in [1.29, 1.82) is 0 Å². The molecule has 4 heteroatoms. The summed E-state index contributed by atoms with van der Waals surface area (Å²) in [6, 6.07) is 3.54. The third kappa shape index (κ3) is 3.40. The number of benzene rings is 1. The van der Waals surface area contributed by atoms with Gasteiger partial charge >= 0.3 is 5.97 Å². The topological polar surface area (TPSA) is 75.3 Å². The van der Waals surface area contributed by atoms with Crippen LogP contribution in [0.5, 0.6) is 0 Å². The Labute approximate surface area is 114 Å². The Morgan fingerprint density at radius 1 is 1.42 bits per heavy atom. The lowest BCUT2D eigenvalue weighted by Gasteiger charge is -2.13. The van der Waals surface area contributed by atoms with E-state index in [2.05, 4.69) is 5.32 Å². The van der Waals surface area contributed by atoms with Crippen LogP contribution in [0.2, 0.25) is 0 Å². The second-order valence-electron chi connectivity index (χ2n) is 5.43. The minimum atomic E-state index is -0.972. The monoisotopic (exact) mass is 262 g/mol. The molecule has 0 amide bonds. The highest BCUT2D eigenvalue weighted by molar-refractivity contribution is 5.95. The molecule has 2 rings (SSSR count). The first-order valence-electron chi connectivity index (χ1n) is 6.95. The molecule has 0 heterocycles. The number of aryl methyl sites for hydroxylation is 1. The average Bonchev–Trinajstić information content (AvgIpc) is 2.86. The van der Waals surface area contributed by atoms with E-state index >= 15 is 0 Å². The SMILES string of the molecule is Cc1cc(NCCC2CCCC2)cc(C(=O)O)c1N. The van der Waals surface area contributed by atoms with Gasteiger partial charge in [0.2, 0.25) is 0 Å². The van der Waals surface area contributed by atoms with Gasteiger partial charge in [-0.25, -0.2) is 4.79 Å². The Bertz CT molecular complexity index is 465. The Morgan fingerprint density at radius 3 is 2.74 bits per heavy atom. The summed E-state index contributed by atoms with van der Waals surface area (Å²) in [4.78, 5) is 11.1. The van der Waals surface area contributed by atoms with Crippen molar-refractivity contribution >= 4 is 17.3 Å². The van der Waals surface area contributed by atoms with E-state index in [1.54, 1.807) is 6.07 Å². The minimum absolute atomic E-state index is 0.184. The predicted molar refractivity (Wildman–Crippen MR) is 77.6 cm³/mol. The van der Waals surface area contributed by atoms with Crippen LogP contribution in [0.4, 0.5) is 11.4 Å². The predicted octanol–water partition coefficient (Wildman–Crippen LogP) is 3.27. The molecule has 4 nitrogen and oxygen atoms in total. The summed E-state index contributed by atoms with van der Waals surface area (Å²) in [7, 11) is 0. The van der Waals surface area contributed by atoms with Crippen molar-refractivity contribution in [2.75, 3.05) is 17.6 Å². The first kappa shape index (κ1) is 13.7. The van der Waals surface area contributed by atoms with Gasteiger partial charge in [-0.2, -0.15) is 0 Å². The number of hydrogen-bond donors (Lipinski definition) is 3. The van der Waals surface area contributed by atoms with Crippen LogP contribution in [0.25, 0.3) is 0 Å². The molecule has 0 bridgehead atoms. The molecule has 0 radical (unpaired) electrons. The second-order valence-corrected chi connectivity index (χ2v) is 5.43. The largest absolute Gasteiger partial charge is 0.478 e. The molecule has 4 N–H and O–H groups in total. The lowest BCUT2D eigenvalue weighted by Crippen LogP contribution is -2.09. The summed E-state index contributed by atoms with van der Waals surface area (Å²) >= 11 is 0. The van der Waals surface area contributed by atoms with E-state index in [-0.39, 0.29) is 5.56 Å². The van der Waals surface area contributed by atoms with Crippen LogP contribution in [0.3, 0.4) is 0 Å². The normalized spacial score (nSPS) is 15.6. The van der Waals surface area contributed by atoms with Gasteiger partial charge in [-0.05, 0) is 37.0 Å².